The first-order valence-electron chi connectivity index (χ1n) is 7.67. The standard InChI is InChI=1S/C16H21N5OS/c1-20-6-3-12(9-15(20)22)11-4-7-21(8-5-11)14-10-13(17)18-16(19-14)23-2/h3,6,9-11H,4-5,7-8H2,1-2H3,(H2,17,18,19). The highest BCUT2D eigenvalue weighted by Gasteiger charge is 2.22. The first-order chi connectivity index (χ1) is 11.1. The van der Waals surface area contributed by atoms with Crippen molar-refractivity contribution in [3.8, 4) is 0 Å². The van der Waals surface area contributed by atoms with Crippen LogP contribution in [0.3, 0.4) is 0 Å². The van der Waals surface area contributed by atoms with Gasteiger partial charge in [0.2, 0.25) is 0 Å². The fraction of sp³-hybridized carbons (Fsp3) is 0.438. The van der Waals surface area contributed by atoms with Gasteiger partial charge in [0.15, 0.2) is 5.16 Å². The van der Waals surface area contributed by atoms with E-state index in [-0.39, 0.29) is 5.56 Å². The monoisotopic (exact) mass is 331 g/mol. The zero-order valence-corrected chi connectivity index (χ0v) is 14.2. The molecule has 7 heteroatoms. The Morgan fingerprint density at radius 1 is 1.26 bits per heavy atom. The lowest BCUT2D eigenvalue weighted by molar-refractivity contribution is 0.500. The average molecular weight is 331 g/mol. The summed E-state index contributed by atoms with van der Waals surface area (Å²) in [6, 6.07) is 5.64. The van der Waals surface area contributed by atoms with Crippen molar-refractivity contribution in [2.24, 2.45) is 7.05 Å². The van der Waals surface area contributed by atoms with E-state index in [0.717, 1.165) is 37.3 Å². The largest absolute Gasteiger partial charge is 0.383 e. The number of rotatable bonds is 3. The van der Waals surface area contributed by atoms with E-state index >= 15 is 0 Å². The van der Waals surface area contributed by atoms with E-state index in [9.17, 15) is 4.79 Å². The van der Waals surface area contributed by atoms with Gasteiger partial charge in [-0.05, 0) is 36.6 Å². The molecule has 1 saturated heterocycles. The molecule has 2 aromatic rings. The fourth-order valence-electron chi connectivity index (χ4n) is 2.94. The summed E-state index contributed by atoms with van der Waals surface area (Å²) >= 11 is 1.50. The number of aromatic nitrogens is 3. The van der Waals surface area contributed by atoms with Crippen molar-refractivity contribution in [2.45, 2.75) is 23.9 Å². The molecule has 6 nitrogen and oxygen atoms in total. The predicted molar refractivity (Wildman–Crippen MR) is 94.1 cm³/mol. The van der Waals surface area contributed by atoms with Crippen LogP contribution in [0.15, 0.2) is 34.3 Å². The van der Waals surface area contributed by atoms with Crippen molar-refractivity contribution >= 4 is 23.4 Å². The molecule has 1 aliphatic rings. The van der Waals surface area contributed by atoms with Crippen molar-refractivity contribution in [2.75, 3.05) is 30.0 Å². The molecule has 0 radical (unpaired) electrons. The Labute approximate surface area is 139 Å². The van der Waals surface area contributed by atoms with Gasteiger partial charge in [-0.15, -0.1) is 0 Å². The van der Waals surface area contributed by atoms with E-state index in [0.29, 0.717) is 16.9 Å². The van der Waals surface area contributed by atoms with Gasteiger partial charge in [0.05, 0.1) is 0 Å². The molecule has 2 N–H and O–H groups in total. The number of anilines is 2. The number of nitrogens with zero attached hydrogens (tertiary/aromatic N) is 4. The van der Waals surface area contributed by atoms with Crippen LogP contribution in [-0.4, -0.2) is 33.9 Å². The summed E-state index contributed by atoms with van der Waals surface area (Å²) in [5, 5.41) is 0.702. The number of nitrogens with two attached hydrogens (primary N) is 1. The van der Waals surface area contributed by atoms with Crippen LogP contribution in [0.4, 0.5) is 11.6 Å². The third-order valence-electron chi connectivity index (χ3n) is 4.31. The molecule has 1 aliphatic heterocycles. The molecule has 0 atom stereocenters. The number of nitrogen functional groups attached to an aromatic ring is 1. The van der Waals surface area contributed by atoms with Crippen molar-refractivity contribution < 1.29 is 0 Å². The number of thioether (sulfide) groups is 1. The molecule has 122 valence electrons. The van der Waals surface area contributed by atoms with Gasteiger partial charge in [-0.1, -0.05) is 11.8 Å². The van der Waals surface area contributed by atoms with Crippen LogP contribution in [0.25, 0.3) is 0 Å². The minimum absolute atomic E-state index is 0.0538. The fourth-order valence-corrected chi connectivity index (χ4v) is 3.32. The van der Waals surface area contributed by atoms with Crippen LogP contribution >= 0.6 is 11.8 Å². The molecule has 0 bridgehead atoms. The maximum atomic E-state index is 11.8. The highest BCUT2D eigenvalue weighted by molar-refractivity contribution is 7.98. The van der Waals surface area contributed by atoms with E-state index in [1.807, 2.05) is 18.5 Å². The van der Waals surface area contributed by atoms with Crippen LogP contribution in [0, 0.1) is 0 Å². The summed E-state index contributed by atoms with van der Waals surface area (Å²) in [4.78, 5) is 22.8. The van der Waals surface area contributed by atoms with Gasteiger partial charge in [0.25, 0.3) is 5.56 Å². The lowest BCUT2D eigenvalue weighted by Gasteiger charge is -2.33. The molecular weight excluding hydrogens is 310 g/mol. The molecule has 3 heterocycles. The lowest BCUT2D eigenvalue weighted by atomic mass is 9.90. The Kier molecular flexibility index (Phi) is 4.56. The van der Waals surface area contributed by atoms with Gasteiger partial charge >= 0.3 is 0 Å². The average Bonchev–Trinajstić information content (AvgIpc) is 2.57. The first kappa shape index (κ1) is 15.9. The van der Waals surface area contributed by atoms with Gasteiger partial charge in [0, 0.05) is 38.5 Å². The predicted octanol–water partition coefficient (Wildman–Crippen LogP) is 1.86. The molecule has 0 amide bonds. The summed E-state index contributed by atoms with van der Waals surface area (Å²) < 4.78 is 1.60. The zero-order valence-electron chi connectivity index (χ0n) is 13.4. The minimum Gasteiger partial charge on any atom is -0.383 e. The van der Waals surface area contributed by atoms with E-state index in [1.165, 1.54) is 11.8 Å². The van der Waals surface area contributed by atoms with Gasteiger partial charge in [-0.2, -0.15) is 0 Å². The van der Waals surface area contributed by atoms with Gasteiger partial charge in [0.1, 0.15) is 11.6 Å². The second-order valence-corrected chi connectivity index (χ2v) is 6.58. The molecule has 23 heavy (non-hydrogen) atoms. The topological polar surface area (TPSA) is 77.0 Å². The van der Waals surface area contributed by atoms with Crippen molar-refractivity contribution in [3.05, 3.63) is 40.3 Å². The summed E-state index contributed by atoms with van der Waals surface area (Å²) in [6.45, 7) is 1.81. The van der Waals surface area contributed by atoms with Crippen LogP contribution in [0.5, 0.6) is 0 Å². The molecule has 0 aliphatic carbocycles. The summed E-state index contributed by atoms with van der Waals surface area (Å²) in [5.74, 6) is 1.83. The van der Waals surface area contributed by atoms with Crippen molar-refractivity contribution in [1.82, 2.24) is 14.5 Å². The molecule has 2 aromatic heterocycles. The van der Waals surface area contributed by atoms with Crippen LogP contribution in [0.1, 0.15) is 24.3 Å². The van der Waals surface area contributed by atoms with Gasteiger partial charge < -0.3 is 15.2 Å². The minimum atomic E-state index is 0.0538. The van der Waals surface area contributed by atoms with Crippen LogP contribution < -0.4 is 16.2 Å². The third kappa shape index (κ3) is 3.50. The maximum absolute atomic E-state index is 11.8. The number of hydrogen-bond donors (Lipinski definition) is 1. The molecule has 3 rings (SSSR count). The SMILES string of the molecule is CSc1nc(N)cc(N2CCC(c3ccn(C)c(=O)c3)CC2)n1. The Morgan fingerprint density at radius 3 is 2.65 bits per heavy atom. The lowest BCUT2D eigenvalue weighted by Crippen LogP contribution is -2.34. The Morgan fingerprint density at radius 2 is 2.00 bits per heavy atom. The second-order valence-electron chi connectivity index (χ2n) is 5.81. The summed E-state index contributed by atoms with van der Waals surface area (Å²) in [5.41, 5.74) is 7.06. The van der Waals surface area contributed by atoms with Gasteiger partial charge in [-0.3, -0.25) is 4.79 Å². The van der Waals surface area contributed by atoms with Crippen LogP contribution in [0.2, 0.25) is 0 Å². The molecule has 1 fully saturated rings. The van der Waals surface area contributed by atoms with Crippen LogP contribution in [-0.2, 0) is 7.05 Å². The highest BCUT2D eigenvalue weighted by atomic mass is 32.2. The molecule has 0 saturated carbocycles. The first-order valence-corrected chi connectivity index (χ1v) is 8.89. The van der Waals surface area contributed by atoms with E-state index in [1.54, 1.807) is 17.7 Å². The zero-order chi connectivity index (χ0) is 16.4. The van der Waals surface area contributed by atoms with E-state index < -0.39 is 0 Å². The third-order valence-corrected chi connectivity index (χ3v) is 4.86. The maximum Gasteiger partial charge on any atom is 0.250 e. The van der Waals surface area contributed by atoms with Crippen molar-refractivity contribution in [3.63, 3.8) is 0 Å². The Bertz CT molecular complexity index is 752. The second kappa shape index (κ2) is 6.62. The number of aryl methyl sites for hydroxylation is 1. The summed E-state index contributed by atoms with van der Waals surface area (Å²) in [6.07, 6.45) is 5.80. The normalized spacial score (nSPS) is 15.8. The Hall–Kier alpha value is -2.02. The molecule has 0 spiro atoms. The number of piperidine rings is 1. The smallest absolute Gasteiger partial charge is 0.250 e. The number of hydrogen-bond acceptors (Lipinski definition) is 6. The van der Waals surface area contributed by atoms with Crippen molar-refractivity contribution in [1.29, 1.82) is 0 Å². The van der Waals surface area contributed by atoms with Gasteiger partial charge in [-0.25, -0.2) is 9.97 Å². The van der Waals surface area contributed by atoms with E-state index in [2.05, 4.69) is 20.9 Å². The number of pyridine rings is 1. The molecular formula is C16H21N5OS. The summed E-state index contributed by atoms with van der Waals surface area (Å²) in [7, 11) is 1.78. The molecule has 0 unspecified atom stereocenters. The quantitative estimate of drug-likeness (QED) is 0.683. The Balaban J connectivity index is 1.72. The molecule has 0 aromatic carbocycles. The highest BCUT2D eigenvalue weighted by Crippen LogP contribution is 2.30. The van der Waals surface area contributed by atoms with E-state index in [4.69, 9.17) is 5.73 Å².